The van der Waals surface area contributed by atoms with E-state index in [4.69, 9.17) is 0 Å². The van der Waals surface area contributed by atoms with E-state index in [1.807, 2.05) is 32.9 Å². The fourth-order valence-corrected chi connectivity index (χ4v) is 2.01. The Hall–Kier alpha value is -1.96. The van der Waals surface area contributed by atoms with E-state index in [1.54, 1.807) is 18.2 Å². The lowest BCUT2D eigenvalue weighted by atomic mass is 9.93. The molecule has 0 bridgehead atoms. The highest BCUT2D eigenvalue weighted by molar-refractivity contribution is 5.76. The second-order valence-corrected chi connectivity index (χ2v) is 4.34. The number of benzene rings is 2. The molecular weight excluding hydrogens is 212 g/mol. The van der Waals surface area contributed by atoms with Gasteiger partial charge in [-0.25, -0.2) is 0 Å². The first-order chi connectivity index (χ1) is 8.02. The summed E-state index contributed by atoms with van der Waals surface area (Å²) in [5.41, 5.74) is 4.67. The van der Waals surface area contributed by atoms with Gasteiger partial charge in [-0.05, 0) is 55.2 Å². The quantitative estimate of drug-likeness (QED) is 0.781. The van der Waals surface area contributed by atoms with Crippen molar-refractivity contribution < 1.29 is 10.2 Å². The molecule has 2 rings (SSSR count). The summed E-state index contributed by atoms with van der Waals surface area (Å²) >= 11 is 0. The van der Waals surface area contributed by atoms with Crippen LogP contribution in [0.25, 0.3) is 11.1 Å². The molecule has 0 spiro atoms. The summed E-state index contributed by atoms with van der Waals surface area (Å²) in [6.07, 6.45) is 0. The monoisotopic (exact) mass is 228 g/mol. The van der Waals surface area contributed by atoms with E-state index in [0.29, 0.717) is 0 Å². The van der Waals surface area contributed by atoms with Crippen molar-refractivity contribution in [3.8, 4) is 22.6 Å². The van der Waals surface area contributed by atoms with Crippen molar-refractivity contribution in [1.82, 2.24) is 0 Å². The predicted molar refractivity (Wildman–Crippen MR) is 69.4 cm³/mol. The highest BCUT2D eigenvalue weighted by Crippen LogP contribution is 2.36. The van der Waals surface area contributed by atoms with Crippen molar-refractivity contribution in [2.45, 2.75) is 20.8 Å². The van der Waals surface area contributed by atoms with Crippen LogP contribution >= 0.6 is 0 Å². The van der Waals surface area contributed by atoms with Gasteiger partial charge in [-0.2, -0.15) is 0 Å². The molecule has 0 amide bonds. The largest absolute Gasteiger partial charge is 0.508 e. The topological polar surface area (TPSA) is 40.5 Å². The highest BCUT2D eigenvalue weighted by atomic mass is 16.3. The molecule has 0 aliphatic heterocycles. The Balaban J connectivity index is 2.73. The Labute approximate surface area is 101 Å². The maximum Gasteiger partial charge on any atom is 0.123 e. The molecule has 0 fully saturated rings. The molecule has 0 heterocycles. The maximum absolute atomic E-state index is 9.88. The van der Waals surface area contributed by atoms with Crippen molar-refractivity contribution in [2.75, 3.05) is 0 Å². The minimum absolute atomic E-state index is 0.234. The maximum atomic E-state index is 9.88. The van der Waals surface area contributed by atoms with Crippen molar-refractivity contribution >= 4 is 0 Å². The molecule has 2 nitrogen and oxygen atoms in total. The summed E-state index contributed by atoms with van der Waals surface area (Å²) in [5, 5.41) is 19.7. The van der Waals surface area contributed by atoms with Crippen LogP contribution in [0.15, 0.2) is 30.3 Å². The third kappa shape index (κ3) is 1.86. The van der Waals surface area contributed by atoms with Gasteiger partial charge in [0.2, 0.25) is 0 Å². The Morgan fingerprint density at radius 3 is 2.00 bits per heavy atom. The van der Waals surface area contributed by atoms with Gasteiger partial charge < -0.3 is 10.2 Å². The normalized spacial score (nSPS) is 10.5. The smallest absolute Gasteiger partial charge is 0.123 e. The van der Waals surface area contributed by atoms with E-state index in [9.17, 15) is 10.2 Å². The molecule has 0 aliphatic carbocycles. The lowest BCUT2D eigenvalue weighted by Crippen LogP contribution is -1.92. The Kier molecular flexibility index (Phi) is 2.80. The van der Waals surface area contributed by atoms with E-state index in [0.717, 1.165) is 27.8 Å². The van der Waals surface area contributed by atoms with Gasteiger partial charge in [0.15, 0.2) is 0 Å². The molecule has 17 heavy (non-hydrogen) atoms. The van der Waals surface area contributed by atoms with Gasteiger partial charge in [-0.15, -0.1) is 0 Å². The molecule has 0 radical (unpaired) electrons. The second kappa shape index (κ2) is 4.13. The van der Waals surface area contributed by atoms with Gasteiger partial charge >= 0.3 is 0 Å². The Bertz CT molecular complexity index is 571. The summed E-state index contributed by atoms with van der Waals surface area (Å²) in [6, 6.07) is 8.88. The molecular formula is C15H16O2. The van der Waals surface area contributed by atoms with Crippen LogP contribution in [0.5, 0.6) is 11.5 Å². The van der Waals surface area contributed by atoms with E-state index in [2.05, 4.69) is 0 Å². The Morgan fingerprint density at radius 2 is 1.35 bits per heavy atom. The standard InChI is InChI=1S/C15H16O2/c1-9-10(2)13(8-15(17)11(9)3)12-6-4-5-7-14(12)16/h4-8,16-17H,1-3H3. The predicted octanol–water partition coefficient (Wildman–Crippen LogP) is 3.69. The van der Waals surface area contributed by atoms with E-state index >= 15 is 0 Å². The number of hydrogen-bond donors (Lipinski definition) is 2. The lowest BCUT2D eigenvalue weighted by Gasteiger charge is -2.14. The van der Waals surface area contributed by atoms with Crippen LogP contribution in [0.1, 0.15) is 16.7 Å². The second-order valence-electron chi connectivity index (χ2n) is 4.34. The van der Waals surface area contributed by atoms with E-state index < -0.39 is 0 Å². The van der Waals surface area contributed by atoms with Gasteiger partial charge in [0.1, 0.15) is 11.5 Å². The van der Waals surface area contributed by atoms with Crippen LogP contribution in [0, 0.1) is 20.8 Å². The van der Waals surface area contributed by atoms with Crippen LogP contribution < -0.4 is 0 Å². The molecule has 2 aromatic carbocycles. The number of rotatable bonds is 1. The fourth-order valence-electron chi connectivity index (χ4n) is 2.01. The number of hydrogen-bond acceptors (Lipinski definition) is 2. The molecule has 2 N–H and O–H groups in total. The third-order valence-corrected chi connectivity index (χ3v) is 3.39. The zero-order chi connectivity index (χ0) is 12.6. The van der Waals surface area contributed by atoms with Gasteiger partial charge in [0, 0.05) is 5.56 Å². The van der Waals surface area contributed by atoms with Crippen LogP contribution in [0.3, 0.4) is 0 Å². The SMILES string of the molecule is Cc1c(O)cc(-c2ccccc2O)c(C)c1C. The molecule has 0 unspecified atom stereocenters. The Morgan fingerprint density at radius 1 is 0.706 bits per heavy atom. The fraction of sp³-hybridized carbons (Fsp3) is 0.200. The molecule has 88 valence electrons. The van der Waals surface area contributed by atoms with Crippen LogP contribution in [-0.4, -0.2) is 10.2 Å². The first-order valence-electron chi connectivity index (χ1n) is 5.60. The van der Waals surface area contributed by atoms with Crippen LogP contribution in [0.4, 0.5) is 0 Å². The summed E-state index contributed by atoms with van der Waals surface area (Å²) < 4.78 is 0. The van der Waals surface area contributed by atoms with E-state index in [1.165, 1.54) is 0 Å². The highest BCUT2D eigenvalue weighted by Gasteiger charge is 2.12. The average Bonchev–Trinajstić information content (AvgIpc) is 2.32. The summed E-state index contributed by atoms with van der Waals surface area (Å²) in [6.45, 7) is 5.88. The lowest BCUT2D eigenvalue weighted by molar-refractivity contribution is 0.470. The summed E-state index contributed by atoms with van der Waals surface area (Å²) in [4.78, 5) is 0. The minimum Gasteiger partial charge on any atom is -0.508 e. The summed E-state index contributed by atoms with van der Waals surface area (Å²) in [5.74, 6) is 0.504. The average molecular weight is 228 g/mol. The molecule has 0 atom stereocenters. The zero-order valence-corrected chi connectivity index (χ0v) is 10.3. The van der Waals surface area contributed by atoms with Gasteiger partial charge in [0.05, 0.1) is 0 Å². The van der Waals surface area contributed by atoms with Gasteiger partial charge in [-0.1, -0.05) is 18.2 Å². The number of para-hydroxylation sites is 1. The molecule has 0 saturated heterocycles. The molecule has 0 saturated carbocycles. The van der Waals surface area contributed by atoms with E-state index in [-0.39, 0.29) is 11.5 Å². The van der Waals surface area contributed by atoms with Crippen molar-refractivity contribution in [1.29, 1.82) is 0 Å². The number of phenols is 2. The third-order valence-electron chi connectivity index (χ3n) is 3.39. The zero-order valence-electron chi connectivity index (χ0n) is 10.3. The number of aromatic hydroxyl groups is 2. The van der Waals surface area contributed by atoms with Crippen molar-refractivity contribution in [3.05, 3.63) is 47.0 Å². The molecule has 0 aliphatic rings. The van der Waals surface area contributed by atoms with Crippen molar-refractivity contribution in [3.63, 3.8) is 0 Å². The van der Waals surface area contributed by atoms with Gasteiger partial charge in [0.25, 0.3) is 0 Å². The van der Waals surface area contributed by atoms with Crippen LogP contribution in [0.2, 0.25) is 0 Å². The minimum atomic E-state index is 0.234. The first kappa shape index (κ1) is 11.5. The van der Waals surface area contributed by atoms with Crippen molar-refractivity contribution in [2.24, 2.45) is 0 Å². The number of phenolic OH excluding ortho intramolecular Hbond substituents is 2. The first-order valence-corrected chi connectivity index (χ1v) is 5.60. The van der Waals surface area contributed by atoms with Gasteiger partial charge in [-0.3, -0.25) is 0 Å². The molecule has 2 aromatic rings. The molecule has 0 aromatic heterocycles. The summed E-state index contributed by atoms with van der Waals surface area (Å²) in [7, 11) is 0. The van der Waals surface area contributed by atoms with Crippen LogP contribution in [-0.2, 0) is 0 Å². The molecule has 2 heteroatoms.